The molecule has 3 rings (SSSR count). The van der Waals surface area contributed by atoms with Gasteiger partial charge in [-0.25, -0.2) is 0 Å². The number of para-hydroxylation sites is 2. The van der Waals surface area contributed by atoms with Gasteiger partial charge in [0.25, 0.3) is 0 Å². The number of anilines is 2. The van der Waals surface area contributed by atoms with Crippen LogP contribution in [-0.4, -0.2) is 20.2 Å². The normalized spacial score (nSPS) is 14.1. The molecule has 110 valence electrons. The Morgan fingerprint density at radius 2 is 2.10 bits per heavy atom. The number of benzene rings is 2. The van der Waals surface area contributed by atoms with Crippen LogP contribution >= 0.6 is 15.9 Å². The van der Waals surface area contributed by atoms with Crippen LogP contribution in [0.25, 0.3) is 0 Å². The van der Waals surface area contributed by atoms with Gasteiger partial charge in [0.2, 0.25) is 0 Å². The van der Waals surface area contributed by atoms with E-state index in [9.17, 15) is 0 Å². The quantitative estimate of drug-likeness (QED) is 0.897. The number of halogens is 1. The summed E-state index contributed by atoms with van der Waals surface area (Å²) in [5.41, 5.74) is 3.67. The second-order valence-corrected chi connectivity index (χ2v) is 6.09. The number of ether oxygens (including phenoxy) is 1. The Hall–Kier alpha value is -1.68. The molecule has 0 saturated heterocycles. The zero-order valence-electron chi connectivity index (χ0n) is 12.1. The molecule has 0 atom stereocenters. The Morgan fingerprint density at radius 3 is 2.95 bits per heavy atom. The van der Waals surface area contributed by atoms with E-state index in [4.69, 9.17) is 4.74 Å². The maximum Gasteiger partial charge on any atom is 0.123 e. The number of hydrogen-bond acceptors (Lipinski definition) is 3. The van der Waals surface area contributed by atoms with E-state index >= 15 is 0 Å². The summed E-state index contributed by atoms with van der Waals surface area (Å²) in [6, 6.07) is 14.7. The summed E-state index contributed by atoms with van der Waals surface area (Å²) in [7, 11) is 1.73. The van der Waals surface area contributed by atoms with E-state index < -0.39 is 0 Å². The number of methoxy groups -OCH3 is 1. The standard InChI is InChI=1S/C17H19BrN2O/c1-21-17-8-7-14(18)11-13(17)12-20-10-4-9-19-15-5-2-3-6-16(15)20/h2-3,5-8,11,19H,4,9-10,12H2,1H3. The highest BCUT2D eigenvalue weighted by Gasteiger charge is 2.16. The van der Waals surface area contributed by atoms with Crippen LogP contribution in [0.3, 0.4) is 0 Å². The molecule has 3 nitrogen and oxygen atoms in total. The molecule has 0 amide bonds. The molecule has 2 aromatic rings. The number of nitrogens with one attached hydrogen (secondary N) is 1. The van der Waals surface area contributed by atoms with E-state index in [2.05, 4.69) is 56.5 Å². The Morgan fingerprint density at radius 1 is 1.24 bits per heavy atom. The molecular formula is C17H19BrN2O. The van der Waals surface area contributed by atoms with Crippen LogP contribution in [0.2, 0.25) is 0 Å². The molecule has 0 saturated carbocycles. The summed E-state index contributed by atoms with van der Waals surface area (Å²) in [5, 5.41) is 3.50. The summed E-state index contributed by atoms with van der Waals surface area (Å²) in [6.45, 7) is 2.91. The lowest BCUT2D eigenvalue weighted by Crippen LogP contribution is -2.23. The van der Waals surface area contributed by atoms with Crippen LogP contribution < -0.4 is 15.0 Å². The molecule has 0 aliphatic carbocycles. The van der Waals surface area contributed by atoms with Gasteiger partial charge in [0.15, 0.2) is 0 Å². The van der Waals surface area contributed by atoms with Crippen molar-refractivity contribution in [3.05, 3.63) is 52.5 Å². The van der Waals surface area contributed by atoms with Crippen molar-refractivity contribution in [2.45, 2.75) is 13.0 Å². The van der Waals surface area contributed by atoms with Crippen LogP contribution in [0.15, 0.2) is 46.9 Å². The highest BCUT2D eigenvalue weighted by atomic mass is 79.9. The fraction of sp³-hybridized carbons (Fsp3) is 0.294. The van der Waals surface area contributed by atoms with Gasteiger partial charge in [-0.2, -0.15) is 0 Å². The fourth-order valence-corrected chi connectivity index (χ4v) is 3.16. The Labute approximate surface area is 134 Å². The lowest BCUT2D eigenvalue weighted by atomic mass is 10.1. The molecule has 0 unspecified atom stereocenters. The minimum absolute atomic E-state index is 0.849. The molecule has 1 heterocycles. The van der Waals surface area contributed by atoms with Crippen molar-refractivity contribution >= 4 is 27.3 Å². The van der Waals surface area contributed by atoms with Gasteiger partial charge in [-0.1, -0.05) is 28.1 Å². The first-order valence-corrected chi connectivity index (χ1v) is 7.97. The van der Waals surface area contributed by atoms with Crippen molar-refractivity contribution in [2.24, 2.45) is 0 Å². The van der Waals surface area contributed by atoms with E-state index in [0.717, 1.165) is 36.3 Å². The van der Waals surface area contributed by atoms with Crippen molar-refractivity contribution < 1.29 is 4.74 Å². The topological polar surface area (TPSA) is 24.5 Å². The lowest BCUT2D eigenvalue weighted by Gasteiger charge is -2.25. The van der Waals surface area contributed by atoms with Crippen LogP contribution in [0.1, 0.15) is 12.0 Å². The zero-order valence-corrected chi connectivity index (χ0v) is 13.7. The van der Waals surface area contributed by atoms with Crippen molar-refractivity contribution in [1.82, 2.24) is 0 Å². The van der Waals surface area contributed by atoms with E-state index in [0.29, 0.717) is 0 Å². The molecule has 1 aliphatic heterocycles. The first-order chi connectivity index (χ1) is 10.3. The van der Waals surface area contributed by atoms with Crippen molar-refractivity contribution in [3.8, 4) is 5.75 Å². The maximum absolute atomic E-state index is 5.50. The molecule has 0 aromatic heterocycles. The van der Waals surface area contributed by atoms with Crippen molar-refractivity contribution in [1.29, 1.82) is 0 Å². The minimum Gasteiger partial charge on any atom is -0.496 e. The predicted octanol–water partition coefficient (Wildman–Crippen LogP) is 4.28. The molecular weight excluding hydrogens is 328 g/mol. The third-order valence-corrected chi connectivity index (χ3v) is 4.26. The smallest absolute Gasteiger partial charge is 0.123 e. The molecule has 0 radical (unpaired) electrons. The van der Waals surface area contributed by atoms with Gasteiger partial charge in [0.05, 0.1) is 18.5 Å². The molecule has 2 aromatic carbocycles. The van der Waals surface area contributed by atoms with Crippen LogP contribution in [-0.2, 0) is 6.54 Å². The minimum atomic E-state index is 0.849. The third kappa shape index (κ3) is 3.16. The van der Waals surface area contributed by atoms with Crippen LogP contribution in [0, 0.1) is 0 Å². The number of rotatable bonds is 3. The van der Waals surface area contributed by atoms with E-state index in [-0.39, 0.29) is 0 Å². The van der Waals surface area contributed by atoms with E-state index in [1.165, 1.54) is 16.9 Å². The number of hydrogen-bond donors (Lipinski definition) is 1. The molecule has 0 fully saturated rings. The molecule has 21 heavy (non-hydrogen) atoms. The Kier molecular flexibility index (Phi) is 4.34. The summed E-state index contributed by atoms with van der Waals surface area (Å²) in [6.07, 6.45) is 1.13. The molecule has 4 heteroatoms. The summed E-state index contributed by atoms with van der Waals surface area (Å²) >= 11 is 3.55. The zero-order chi connectivity index (χ0) is 14.7. The molecule has 1 aliphatic rings. The monoisotopic (exact) mass is 346 g/mol. The fourth-order valence-electron chi connectivity index (χ4n) is 2.75. The SMILES string of the molecule is COc1ccc(Br)cc1CN1CCCNc2ccccc21. The Balaban J connectivity index is 1.93. The number of fused-ring (bicyclic) bond motifs is 1. The van der Waals surface area contributed by atoms with Crippen molar-refractivity contribution in [3.63, 3.8) is 0 Å². The molecule has 0 bridgehead atoms. The van der Waals surface area contributed by atoms with Crippen LogP contribution in [0.5, 0.6) is 5.75 Å². The highest BCUT2D eigenvalue weighted by molar-refractivity contribution is 9.10. The van der Waals surface area contributed by atoms with E-state index in [1.807, 2.05) is 12.1 Å². The van der Waals surface area contributed by atoms with Gasteiger partial charge in [-0.15, -0.1) is 0 Å². The summed E-state index contributed by atoms with van der Waals surface area (Å²) < 4.78 is 6.58. The van der Waals surface area contributed by atoms with Gasteiger partial charge in [-0.05, 0) is 36.8 Å². The van der Waals surface area contributed by atoms with Gasteiger partial charge >= 0.3 is 0 Å². The molecule has 0 spiro atoms. The van der Waals surface area contributed by atoms with Crippen LogP contribution in [0.4, 0.5) is 11.4 Å². The second-order valence-electron chi connectivity index (χ2n) is 5.18. The Bertz CT molecular complexity index is 630. The number of nitrogens with zero attached hydrogens (tertiary/aromatic N) is 1. The molecule has 1 N–H and O–H groups in total. The third-order valence-electron chi connectivity index (χ3n) is 3.77. The van der Waals surface area contributed by atoms with E-state index in [1.54, 1.807) is 7.11 Å². The first kappa shape index (κ1) is 14.3. The second kappa shape index (κ2) is 6.39. The summed E-state index contributed by atoms with van der Waals surface area (Å²) in [5.74, 6) is 0.938. The van der Waals surface area contributed by atoms with Gasteiger partial charge in [0.1, 0.15) is 5.75 Å². The lowest BCUT2D eigenvalue weighted by molar-refractivity contribution is 0.409. The highest BCUT2D eigenvalue weighted by Crippen LogP contribution is 2.31. The average molecular weight is 347 g/mol. The average Bonchev–Trinajstić information content (AvgIpc) is 2.70. The first-order valence-electron chi connectivity index (χ1n) is 7.18. The predicted molar refractivity (Wildman–Crippen MR) is 91.3 cm³/mol. The summed E-state index contributed by atoms with van der Waals surface area (Å²) in [4.78, 5) is 2.42. The van der Waals surface area contributed by atoms with Gasteiger partial charge in [0, 0.05) is 29.7 Å². The van der Waals surface area contributed by atoms with Gasteiger partial charge in [-0.3, -0.25) is 0 Å². The maximum atomic E-state index is 5.50. The van der Waals surface area contributed by atoms with Gasteiger partial charge < -0.3 is 15.0 Å². The largest absolute Gasteiger partial charge is 0.496 e. The van der Waals surface area contributed by atoms with Crippen molar-refractivity contribution in [2.75, 3.05) is 30.4 Å².